The van der Waals surface area contributed by atoms with E-state index in [9.17, 15) is 23.6 Å². The third kappa shape index (κ3) is 6.16. The van der Waals surface area contributed by atoms with Crippen molar-refractivity contribution in [2.45, 2.75) is 17.9 Å². The third-order valence-corrected chi connectivity index (χ3v) is 6.96. The second kappa shape index (κ2) is 10.7. The molecule has 11 heteroatoms. The van der Waals surface area contributed by atoms with Crippen molar-refractivity contribution in [2.75, 3.05) is 45.9 Å². The predicted molar refractivity (Wildman–Crippen MR) is 117 cm³/mol. The van der Waals surface area contributed by atoms with E-state index in [1.807, 2.05) is 11.8 Å². The van der Waals surface area contributed by atoms with Crippen molar-refractivity contribution in [3.63, 3.8) is 0 Å². The molecule has 2 aromatic carbocycles. The minimum atomic E-state index is -3.59. The van der Waals surface area contributed by atoms with Crippen LogP contribution in [0.5, 0.6) is 11.5 Å². The van der Waals surface area contributed by atoms with Crippen LogP contribution in [0.15, 0.2) is 53.4 Å². The zero-order chi connectivity index (χ0) is 23.1. The molecular formula is C21H27N3O7S. The molecule has 0 aliphatic carbocycles. The van der Waals surface area contributed by atoms with Crippen molar-refractivity contribution in [3.05, 3.63) is 58.6 Å². The Hall–Kier alpha value is -2.73. The summed E-state index contributed by atoms with van der Waals surface area (Å²) in [7, 11) is -3.59. The van der Waals surface area contributed by atoms with Gasteiger partial charge in [0.1, 0.15) is 24.2 Å². The lowest BCUT2D eigenvalue weighted by Gasteiger charge is -2.34. The summed E-state index contributed by atoms with van der Waals surface area (Å²) in [6, 6.07) is 12.1. The van der Waals surface area contributed by atoms with Crippen LogP contribution >= 0.6 is 0 Å². The number of ether oxygens (including phenoxy) is 2. The van der Waals surface area contributed by atoms with Crippen molar-refractivity contribution < 1.29 is 27.9 Å². The largest absolute Gasteiger partial charge is 0.494 e. The van der Waals surface area contributed by atoms with Crippen molar-refractivity contribution in [3.8, 4) is 11.5 Å². The zero-order valence-corrected chi connectivity index (χ0v) is 18.6. The average Bonchev–Trinajstić information content (AvgIpc) is 2.79. The summed E-state index contributed by atoms with van der Waals surface area (Å²) in [6.45, 7) is 4.24. The summed E-state index contributed by atoms with van der Waals surface area (Å²) in [6.07, 6.45) is -0.816. The second-order valence-corrected chi connectivity index (χ2v) is 9.27. The fourth-order valence-electron chi connectivity index (χ4n) is 3.41. The normalized spacial score (nSPS) is 16.4. The van der Waals surface area contributed by atoms with E-state index in [0.717, 1.165) is 0 Å². The van der Waals surface area contributed by atoms with Gasteiger partial charge < -0.3 is 14.6 Å². The van der Waals surface area contributed by atoms with E-state index < -0.39 is 21.1 Å². The molecule has 1 saturated heterocycles. The first-order chi connectivity index (χ1) is 15.3. The van der Waals surface area contributed by atoms with Crippen LogP contribution in [0, 0.1) is 10.1 Å². The molecule has 0 radical (unpaired) electrons. The van der Waals surface area contributed by atoms with Crippen LogP contribution in [0.2, 0.25) is 0 Å². The lowest BCUT2D eigenvalue weighted by Crippen LogP contribution is -2.50. The topological polar surface area (TPSA) is 122 Å². The molecule has 0 unspecified atom stereocenters. The van der Waals surface area contributed by atoms with Gasteiger partial charge in [0.15, 0.2) is 0 Å². The SMILES string of the molecule is CCOc1ccc(S(=O)(=O)N2CCN(C[C@@H](O)COc3cccc([N+](=O)[O-])c3)CC2)cc1. The van der Waals surface area contributed by atoms with Gasteiger partial charge in [-0.3, -0.25) is 15.0 Å². The minimum absolute atomic E-state index is 0.0220. The molecule has 32 heavy (non-hydrogen) atoms. The zero-order valence-electron chi connectivity index (χ0n) is 17.8. The van der Waals surface area contributed by atoms with Gasteiger partial charge in [-0.25, -0.2) is 8.42 Å². The van der Waals surface area contributed by atoms with E-state index in [4.69, 9.17) is 9.47 Å². The number of benzene rings is 2. The first kappa shape index (κ1) is 23.9. The van der Waals surface area contributed by atoms with Crippen LogP contribution < -0.4 is 9.47 Å². The quantitative estimate of drug-likeness (QED) is 0.416. The van der Waals surface area contributed by atoms with Crippen LogP contribution in [0.4, 0.5) is 5.69 Å². The number of nitro benzene ring substituents is 1. The number of nitro groups is 1. The minimum Gasteiger partial charge on any atom is -0.494 e. The van der Waals surface area contributed by atoms with E-state index in [1.165, 1.54) is 22.5 Å². The number of piperazine rings is 1. The molecule has 174 valence electrons. The van der Waals surface area contributed by atoms with E-state index >= 15 is 0 Å². The van der Waals surface area contributed by atoms with Crippen molar-refractivity contribution in [1.29, 1.82) is 0 Å². The Balaban J connectivity index is 1.47. The highest BCUT2D eigenvalue weighted by molar-refractivity contribution is 7.89. The maximum Gasteiger partial charge on any atom is 0.273 e. The molecule has 1 fully saturated rings. The highest BCUT2D eigenvalue weighted by Crippen LogP contribution is 2.22. The van der Waals surface area contributed by atoms with Gasteiger partial charge in [-0.15, -0.1) is 0 Å². The molecule has 1 aliphatic heterocycles. The van der Waals surface area contributed by atoms with Gasteiger partial charge in [0.25, 0.3) is 5.69 Å². The first-order valence-corrected chi connectivity index (χ1v) is 11.7. The maximum atomic E-state index is 12.9. The Morgan fingerprint density at radius 1 is 1.06 bits per heavy atom. The smallest absolute Gasteiger partial charge is 0.273 e. The number of hydrogen-bond acceptors (Lipinski definition) is 8. The van der Waals surface area contributed by atoms with Crippen LogP contribution in [-0.2, 0) is 10.0 Å². The molecule has 0 bridgehead atoms. The monoisotopic (exact) mass is 465 g/mol. The summed E-state index contributed by atoms with van der Waals surface area (Å²) in [5.74, 6) is 0.933. The summed E-state index contributed by atoms with van der Waals surface area (Å²) >= 11 is 0. The lowest BCUT2D eigenvalue weighted by molar-refractivity contribution is -0.384. The van der Waals surface area contributed by atoms with E-state index in [-0.39, 0.29) is 17.2 Å². The Bertz CT molecular complexity index is 1010. The number of hydrogen-bond donors (Lipinski definition) is 1. The number of nitrogens with zero attached hydrogens (tertiary/aromatic N) is 3. The highest BCUT2D eigenvalue weighted by atomic mass is 32.2. The van der Waals surface area contributed by atoms with Gasteiger partial charge in [-0.05, 0) is 37.3 Å². The summed E-state index contributed by atoms with van der Waals surface area (Å²) in [5, 5.41) is 21.1. The Morgan fingerprint density at radius 3 is 2.38 bits per heavy atom. The molecule has 3 rings (SSSR count). The fourth-order valence-corrected chi connectivity index (χ4v) is 4.83. The number of aliphatic hydroxyl groups excluding tert-OH is 1. The molecule has 0 aromatic heterocycles. The van der Waals surface area contributed by atoms with Gasteiger partial charge in [0.2, 0.25) is 10.0 Å². The van der Waals surface area contributed by atoms with E-state index in [0.29, 0.717) is 50.8 Å². The molecule has 1 aliphatic rings. The molecule has 10 nitrogen and oxygen atoms in total. The summed E-state index contributed by atoms with van der Waals surface area (Å²) in [4.78, 5) is 12.5. The Labute approximate surface area is 187 Å². The van der Waals surface area contributed by atoms with Gasteiger partial charge >= 0.3 is 0 Å². The molecule has 0 amide bonds. The number of β-amino-alcohol motifs (C(OH)–C–C–N with tert-alkyl or cyclic N) is 1. The van der Waals surface area contributed by atoms with Gasteiger partial charge in [0.05, 0.1) is 22.5 Å². The number of rotatable bonds is 10. The molecule has 1 heterocycles. The third-order valence-electron chi connectivity index (χ3n) is 5.04. The van der Waals surface area contributed by atoms with Gasteiger partial charge in [0, 0.05) is 38.8 Å². The summed E-state index contributed by atoms with van der Waals surface area (Å²) < 4.78 is 38.0. The van der Waals surface area contributed by atoms with Crippen LogP contribution in [-0.4, -0.2) is 79.7 Å². The molecule has 0 saturated carbocycles. The molecular weight excluding hydrogens is 438 g/mol. The van der Waals surface area contributed by atoms with Crippen molar-refractivity contribution in [2.24, 2.45) is 0 Å². The number of sulfonamides is 1. The maximum absolute atomic E-state index is 12.9. The van der Waals surface area contributed by atoms with Gasteiger partial charge in [-0.1, -0.05) is 6.07 Å². The second-order valence-electron chi connectivity index (χ2n) is 7.33. The van der Waals surface area contributed by atoms with E-state index in [2.05, 4.69) is 0 Å². The average molecular weight is 466 g/mol. The van der Waals surface area contributed by atoms with Crippen LogP contribution in [0.3, 0.4) is 0 Å². The molecule has 1 atom stereocenters. The predicted octanol–water partition coefficient (Wildman–Crippen LogP) is 1.74. The van der Waals surface area contributed by atoms with Crippen LogP contribution in [0.1, 0.15) is 6.92 Å². The Morgan fingerprint density at radius 2 is 1.75 bits per heavy atom. The van der Waals surface area contributed by atoms with Crippen LogP contribution in [0.25, 0.3) is 0 Å². The lowest BCUT2D eigenvalue weighted by atomic mass is 10.3. The Kier molecular flexibility index (Phi) is 8.02. The molecule has 1 N–H and O–H groups in total. The van der Waals surface area contributed by atoms with E-state index in [1.54, 1.807) is 30.3 Å². The van der Waals surface area contributed by atoms with Crippen molar-refractivity contribution in [1.82, 2.24) is 9.21 Å². The number of aliphatic hydroxyl groups is 1. The fraction of sp³-hybridized carbons (Fsp3) is 0.429. The molecule has 0 spiro atoms. The molecule has 2 aromatic rings. The van der Waals surface area contributed by atoms with Crippen molar-refractivity contribution >= 4 is 15.7 Å². The highest BCUT2D eigenvalue weighted by Gasteiger charge is 2.29. The standard InChI is InChI=1S/C21H27N3O7S/c1-2-30-19-6-8-21(9-7-19)32(28,29)23-12-10-22(11-13-23)15-18(25)16-31-20-5-3-4-17(14-20)24(26)27/h3-9,14,18,25H,2,10-13,15-16H2,1H3/t18-/m1/s1. The van der Waals surface area contributed by atoms with Gasteiger partial charge in [-0.2, -0.15) is 4.31 Å². The summed E-state index contributed by atoms with van der Waals surface area (Å²) in [5.41, 5.74) is -0.0816. The number of non-ortho nitro benzene ring substituents is 1. The first-order valence-electron chi connectivity index (χ1n) is 10.3.